The van der Waals surface area contributed by atoms with E-state index in [0.29, 0.717) is 10.7 Å². The van der Waals surface area contributed by atoms with Crippen LogP contribution in [0.3, 0.4) is 0 Å². The first-order chi connectivity index (χ1) is 9.47. The summed E-state index contributed by atoms with van der Waals surface area (Å²) in [6.45, 7) is 0. The van der Waals surface area contributed by atoms with Crippen molar-refractivity contribution in [1.29, 1.82) is 0 Å². The Kier molecular flexibility index (Phi) is 4.15. The van der Waals surface area contributed by atoms with Crippen LogP contribution in [-0.2, 0) is 0 Å². The zero-order valence-corrected chi connectivity index (χ0v) is 12.0. The zero-order chi connectivity index (χ0) is 14.7. The van der Waals surface area contributed by atoms with E-state index >= 15 is 0 Å². The third-order valence-electron chi connectivity index (χ3n) is 2.85. The van der Waals surface area contributed by atoms with E-state index in [1.54, 1.807) is 18.2 Å². The molecule has 0 atom stereocenters. The Morgan fingerprint density at radius 1 is 1.15 bits per heavy atom. The number of halogens is 1. The number of phenols is 1. The molecule has 2 aromatic rings. The van der Waals surface area contributed by atoms with E-state index in [4.69, 9.17) is 11.6 Å². The largest absolute Gasteiger partial charge is 0.507 e. The molecule has 0 spiro atoms. The number of anilines is 2. The molecule has 5 heteroatoms. The molecule has 0 radical (unpaired) electrons. The van der Waals surface area contributed by atoms with Gasteiger partial charge in [0.1, 0.15) is 5.75 Å². The van der Waals surface area contributed by atoms with Crippen molar-refractivity contribution in [2.24, 2.45) is 0 Å². The number of carbonyl (C=O) groups is 1. The summed E-state index contributed by atoms with van der Waals surface area (Å²) < 4.78 is 0. The lowest BCUT2D eigenvalue weighted by molar-refractivity contribution is 0.102. The molecule has 2 aromatic carbocycles. The average molecular weight is 291 g/mol. The molecule has 0 saturated heterocycles. The lowest BCUT2D eigenvalue weighted by Crippen LogP contribution is -2.12. The Hall–Kier alpha value is -2.20. The van der Waals surface area contributed by atoms with E-state index in [-0.39, 0.29) is 17.2 Å². The number of benzene rings is 2. The predicted molar refractivity (Wildman–Crippen MR) is 81.8 cm³/mol. The van der Waals surface area contributed by atoms with E-state index in [2.05, 4.69) is 5.32 Å². The zero-order valence-electron chi connectivity index (χ0n) is 11.2. The van der Waals surface area contributed by atoms with Crippen molar-refractivity contribution >= 4 is 28.9 Å². The van der Waals surface area contributed by atoms with Crippen LogP contribution in [0, 0.1) is 0 Å². The predicted octanol–water partition coefficient (Wildman–Crippen LogP) is 3.36. The Labute approximate surface area is 122 Å². The second-order valence-corrected chi connectivity index (χ2v) is 4.99. The monoisotopic (exact) mass is 290 g/mol. The number of aromatic hydroxyl groups is 1. The molecular weight excluding hydrogens is 276 g/mol. The molecule has 0 aliphatic heterocycles. The topological polar surface area (TPSA) is 52.6 Å². The van der Waals surface area contributed by atoms with Crippen LogP contribution in [0.4, 0.5) is 11.4 Å². The highest BCUT2D eigenvalue weighted by Crippen LogP contribution is 2.23. The minimum Gasteiger partial charge on any atom is -0.507 e. The Morgan fingerprint density at radius 3 is 2.35 bits per heavy atom. The average Bonchev–Trinajstić information content (AvgIpc) is 2.39. The maximum absolute atomic E-state index is 12.0. The molecule has 1 amide bonds. The third-order valence-corrected chi connectivity index (χ3v) is 3.08. The van der Waals surface area contributed by atoms with E-state index in [0.717, 1.165) is 5.69 Å². The van der Waals surface area contributed by atoms with E-state index in [1.165, 1.54) is 12.1 Å². The van der Waals surface area contributed by atoms with Crippen LogP contribution >= 0.6 is 11.6 Å². The highest BCUT2D eigenvalue weighted by atomic mass is 35.5. The summed E-state index contributed by atoms with van der Waals surface area (Å²) in [4.78, 5) is 14.0. The smallest absolute Gasteiger partial charge is 0.259 e. The van der Waals surface area contributed by atoms with E-state index in [9.17, 15) is 9.90 Å². The van der Waals surface area contributed by atoms with Gasteiger partial charge in [0.15, 0.2) is 0 Å². The van der Waals surface area contributed by atoms with Crippen molar-refractivity contribution in [3.05, 3.63) is 53.1 Å². The fourth-order valence-corrected chi connectivity index (χ4v) is 1.90. The van der Waals surface area contributed by atoms with Crippen LogP contribution in [0.2, 0.25) is 5.02 Å². The molecule has 20 heavy (non-hydrogen) atoms. The number of hydrogen-bond donors (Lipinski definition) is 2. The number of amides is 1. The summed E-state index contributed by atoms with van der Waals surface area (Å²) in [5.41, 5.74) is 1.89. The number of nitrogens with one attached hydrogen (secondary N) is 1. The number of nitrogens with zero attached hydrogens (tertiary/aromatic N) is 1. The fraction of sp³-hybridized carbons (Fsp3) is 0.133. The van der Waals surface area contributed by atoms with Gasteiger partial charge >= 0.3 is 0 Å². The highest BCUT2D eigenvalue weighted by molar-refractivity contribution is 6.30. The number of rotatable bonds is 3. The van der Waals surface area contributed by atoms with Gasteiger partial charge in [-0.2, -0.15) is 0 Å². The SMILES string of the molecule is CN(C)c1ccc(NC(=O)c2ccc(Cl)cc2O)cc1. The molecular formula is C15H15ClN2O2. The first kappa shape index (κ1) is 14.2. The van der Waals surface area contributed by atoms with Gasteiger partial charge in [-0.25, -0.2) is 0 Å². The second-order valence-electron chi connectivity index (χ2n) is 4.56. The number of phenolic OH excluding ortho intramolecular Hbond substituents is 1. The molecule has 0 saturated carbocycles. The van der Waals surface area contributed by atoms with Gasteiger partial charge in [0.2, 0.25) is 0 Å². The number of hydrogen-bond acceptors (Lipinski definition) is 3. The molecule has 104 valence electrons. The minimum atomic E-state index is -0.378. The summed E-state index contributed by atoms with van der Waals surface area (Å²) in [6.07, 6.45) is 0. The van der Waals surface area contributed by atoms with Gasteiger partial charge in [0, 0.05) is 30.5 Å². The molecule has 2 rings (SSSR count). The van der Waals surface area contributed by atoms with Gasteiger partial charge in [-0.1, -0.05) is 11.6 Å². The third kappa shape index (κ3) is 3.22. The fourth-order valence-electron chi connectivity index (χ4n) is 1.74. The summed E-state index contributed by atoms with van der Waals surface area (Å²) >= 11 is 5.73. The standard InChI is InChI=1S/C15H15ClN2O2/c1-18(2)12-6-4-11(5-7-12)17-15(20)13-8-3-10(16)9-14(13)19/h3-9,19H,1-2H3,(H,17,20). The van der Waals surface area contributed by atoms with Crippen LogP contribution in [0.15, 0.2) is 42.5 Å². The van der Waals surface area contributed by atoms with Gasteiger partial charge in [-0.05, 0) is 42.5 Å². The molecule has 0 fully saturated rings. The van der Waals surface area contributed by atoms with Crippen molar-refractivity contribution in [3.63, 3.8) is 0 Å². The van der Waals surface area contributed by atoms with Crippen LogP contribution in [0.5, 0.6) is 5.75 Å². The lowest BCUT2D eigenvalue weighted by atomic mass is 10.2. The Bertz CT molecular complexity index is 624. The maximum Gasteiger partial charge on any atom is 0.259 e. The van der Waals surface area contributed by atoms with Crippen LogP contribution < -0.4 is 10.2 Å². The molecule has 4 nitrogen and oxygen atoms in total. The van der Waals surface area contributed by atoms with Crippen LogP contribution in [-0.4, -0.2) is 25.1 Å². The van der Waals surface area contributed by atoms with Gasteiger partial charge in [-0.3, -0.25) is 4.79 Å². The van der Waals surface area contributed by atoms with Crippen molar-refractivity contribution in [1.82, 2.24) is 0 Å². The van der Waals surface area contributed by atoms with E-state index in [1.807, 2.05) is 31.1 Å². The molecule has 0 unspecified atom stereocenters. The second kappa shape index (κ2) is 5.84. The Morgan fingerprint density at radius 2 is 1.80 bits per heavy atom. The lowest BCUT2D eigenvalue weighted by Gasteiger charge is -2.13. The van der Waals surface area contributed by atoms with Gasteiger partial charge in [-0.15, -0.1) is 0 Å². The van der Waals surface area contributed by atoms with Crippen LogP contribution in [0.1, 0.15) is 10.4 Å². The molecule has 0 aliphatic rings. The minimum absolute atomic E-state index is 0.139. The molecule has 0 heterocycles. The Balaban J connectivity index is 2.15. The molecule has 0 bridgehead atoms. The first-order valence-electron chi connectivity index (χ1n) is 6.04. The van der Waals surface area contributed by atoms with Crippen molar-refractivity contribution < 1.29 is 9.90 Å². The van der Waals surface area contributed by atoms with Crippen molar-refractivity contribution in [3.8, 4) is 5.75 Å². The summed E-state index contributed by atoms with van der Waals surface area (Å²) in [5, 5.41) is 12.8. The first-order valence-corrected chi connectivity index (χ1v) is 6.42. The van der Waals surface area contributed by atoms with Crippen molar-refractivity contribution in [2.45, 2.75) is 0 Å². The normalized spacial score (nSPS) is 10.2. The maximum atomic E-state index is 12.0. The highest BCUT2D eigenvalue weighted by Gasteiger charge is 2.11. The quantitative estimate of drug-likeness (QED) is 0.911. The molecule has 0 aliphatic carbocycles. The van der Waals surface area contributed by atoms with Gasteiger partial charge in [0.05, 0.1) is 5.56 Å². The van der Waals surface area contributed by atoms with Gasteiger partial charge in [0.25, 0.3) is 5.91 Å². The van der Waals surface area contributed by atoms with E-state index < -0.39 is 0 Å². The van der Waals surface area contributed by atoms with Crippen molar-refractivity contribution in [2.75, 3.05) is 24.3 Å². The van der Waals surface area contributed by atoms with Gasteiger partial charge < -0.3 is 15.3 Å². The van der Waals surface area contributed by atoms with Crippen LogP contribution in [0.25, 0.3) is 0 Å². The molecule has 2 N–H and O–H groups in total. The number of carbonyl (C=O) groups excluding carboxylic acids is 1. The molecule has 0 aromatic heterocycles. The summed E-state index contributed by atoms with van der Waals surface area (Å²) in [6, 6.07) is 11.8. The summed E-state index contributed by atoms with van der Waals surface area (Å²) in [5.74, 6) is -0.517. The summed E-state index contributed by atoms with van der Waals surface area (Å²) in [7, 11) is 3.89.